The van der Waals surface area contributed by atoms with E-state index in [1.807, 2.05) is 42.6 Å². The Morgan fingerprint density at radius 1 is 0.703 bits per heavy atom. The van der Waals surface area contributed by atoms with Crippen LogP contribution < -0.4 is 4.40 Å². The van der Waals surface area contributed by atoms with Gasteiger partial charge in [0, 0.05) is 42.9 Å². The second-order valence-corrected chi connectivity index (χ2v) is 29.0. The van der Waals surface area contributed by atoms with E-state index in [0.29, 0.717) is 22.4 Å². The maximum atomic E-state index is 14.3. The molecule has 1 radical (unpaired) electrons. The number of imidazole rings is 1. The molecule has 0 spiro atoms. The van der Waals surface area contributed by atoms with E-state index in [2.05, 4.69) is 140 Å². The zero-order valence-corrected chi connectivity index (χ0v) is 42.4. The van der Waals surface area contributed by atoms with Crippen LogP contribution in [0.25, 0.3) is 81.9 Å². The summed E-state index contributed by atoms with van der Waals surface area (Å²) in [6, 6.07) is 46.1. The smallest absolute Gasteiger partial charge is 0 e. The van der Waals surface area contributed by atoms with Gasteiger partial charge in [-0.3, -0.25) is 4.98 Å². The summed E-state index contributed by atoms with van der Waals surface area (Å²) in [4.78, 5) is 15.7. The first kappa shape index (κ1) is 41.2. The molecule has 0 saturated carbocycles. The summed E-state index contributed by atoms with van der Waals surface area (Å²) in [7, 11) is 0. The van der Waals surface area contributed by atoms with Crippen molar-refractivity contribution in [1.29, 1.82) is 0 Å². The molecular weight excluding hydrogens is 1040 g/mol. The summed E-state index contributed by atoms with van der Waals surface area (Å²) in [6.45, 7) is 8.66. The maximum Gasteiger partial charge on any atom is 0 e. The normalized spacial score (nSPS) is 12.4. The number of benzene rings is 6. The Labute approximate surface area is 400 Å². The monoisotopic (exact) mass is 1100 g/mol. The number of fused-ring (bicyclic) bond motifs is 4. The van der Waals surface area contributed by atoms with Crippen molar-refractivity contribution >= 4 is 60.3 Å². The third-order valence-electron chi connectivity index (χ3n) is 11.7. The fraction of sp³-hybridized carbons (Fsp3) is 0.161. The van der Waals surface area contributed by atoms with Crippen LogP contribution in [0.15, 0.2) is 134 Å². The van der Waals surface area contributed by atoms with Gasteiger partial charge in [0.15, 0.2) is 0 Å². The second-order valence-electron chi connectivity index (χ2n) is 17.4. The fourth-order valence-corrected chi connectivity index (χ4v) is 12.7. The summed E-state index contributed by atoms with van der Waals surface area (Å²) in [5.74, 6) is 6.97. The molecule has 4 nitrogen and oxygen atoms in total. The molecule has 0 bridgehead atoms. The topological polar surface area (TPSA) is 43.6 Å². The van der Waals surface area contributed by atoms with Crippen LogP contribution in [0.2, 0.25) is 17.3 Å². The van der Waals surface area contributed by atoms with Crippen molar-refractivity contribution in [1.82, 2.24) is 19.5 Å². The van der Waals surface area contributed by atoms with Crippen molar-refractivity contribution in [2.24, 2.45) is 0 Å². The predicted molar refractivity (Wildman–Crippen MR) is 267 cm³/mol. The Balaban J connectivity index is 0.000000192. The van der Waals surface area contributed by atoms with Crippen LogP contribution in [0.5, 0.6) is 0 Å². The SMILES string of the molecule is Cc1cc(C)c(-c2cnc3sc4c(-c5nc6ccccc6n5-c5c(C)cccc5C)[c-]ccc4c3c2)c(C)c1.[2H]C([2H])([2H])c1cc(-c2[c-]cc(F)c(-c3ccccc3)c2)nc[c]1[Ge]([CH3])([CH3])[CH3].[Ir]. The minimum Gasteiger partial charge on any atom is 0 e. The zero-order chi connectivity index (χ0) is 46.7. The van der Waals surface area contributed by atoms with E-state index < -0.39 is 20.1 Å². The molecule has 10 rings (SSSR count). The van der Waals surface area contributed by atoms with Gasteiger partial charge in [-0.2, -0.15) is 11.3 Å². The summed E-state index contributed by atoms with van der Waals surface area (Å²) < 4.78 is 42.5. The molecule has 64 heavy (non-hydrogen) atoms. The van der Waals surface area contributed by atoms with Gasteiger partial charge in [0.2, 0.25) is 0 Å². The minimum atomic E-state index is -2.41. The standard InChI is InChI=1S/C35H28N3S.C21H21FGeN.Ir/c1-20-16-23(4)31(24(5)17-20)25-18-28-26-12-9-13-27(33(26)39-35(28)36-19-25)34-37-29-14-6-7-15-30(29)38(34)32-21(2)10-8-11-22(32)3;1-15-12-21(24-14-20(15)23(2,3)4)17-10-11-19(22)18(13-17)16-8-6-5-7-9-16;/h6-12,14-19H,1-5H3;5-9,11-14H,1-4H3;/q2*-1;/i;1D3;. The first-order valence-corrected chi connectivity index (χ1v) is 29.3. The molecule has 0 aliphatic carbocycles. The Hall–Kier alpha value is -5.57. The van der Waals surface area contributed by atoms with E-state index in [1.165, 1.54) is 55.9 Å². The summed E-state index contributed by atoms with van der Waals surface area (Å²) >= 11 is -0.687. The van der Waals surface area contributed by atoms with Crippen molar-refractivity contribution in [3.05, 3.63) is 185 Å². The van der Waals surface area contributed by atoms with Gasteiger partial charge in [0.05, 0.1) is 16.9 Å². The number of aromatic nitrogens is 4. The number of hydrogen-bond acceptors (Lipinski definition) is 4. The number of aryl methyl sites for hydroxylation is 6. The largest absolute Gasteiger partial charge is 0 e. The van der Waals surface area contributed by atoms with E-state index in [4.69, 9.17) is 14.1 Å². The summed E-state index contributed by atoms with van der Waals surface area (Å²) in [6.07, 6.45) is 3.72. The Morgan fingerprint density at radius 2 is 1.42 bits per heavy atom. The van der Waals surface area contributed by atoms with Crippen molar-refractivity contribution in [2.45, 2.75) is 58.7 Å². The van der Waals surface area contributed by atoms with Crippen LogP contribution in [0.1, 0.15) is 37.5 Å². The predicted octanol–water partition coefficient (Wildman–Crippen LogP) is 14.7. The molecule has 321 valence electrons. The Kier molecular flexibility index (Phi) is 11.7. The van der Waals surface area contributed by atoms with Crippen molar-refractivity contribution in [2.75, 3.05) is 0 Å². The van der Waals surface area contributed by atoms with Crippen LogP contribution in [0.4, 0.5) is 4.39 Å². The first-order chi connectivity index (χ1) is 31.5. The number of nitrogens with zero attached hydrogens (tertiary/aromatic N) is 4. The quantitative estimate of drug-likeness (QED) is 0.123. The van der Waals surface area contributed by atoms with Gasteiger partial charge in [-0.25, -0.2) is 4.98 Å². The van der Waals surface area contributed by atoms with Gasteiger partial charge in [0.25, 0.3) is 0 Å². The number of pyridine rings is 2. The third kappa shape index (κ3) is 8.55. The maximum absolute atomic E-state index is 14.3. The van der Waals surface area contributed by atoms with Gasteiger partial charge >= 0.3 is 150 Å². The molecular formula is C56H49FGeIrN4S-2. The van der Waals surface area contributed by atoms with E-state index in [-0.39, 0.29) is 25.9 Å². The molecule has 4 heterocycles. The second kappa shape index (κ2) is 18.1. The number of halogens is 1. The van der Waals surface area contributed by atoms with E-state index in [9.17, 15) is 4.39 Å². The van der Waals surface area contributed by atoms with Crippen LogP contribution in [-0.4, -0.2) is 32.8 Å². The molecule has 6 aromatic carbocycles. The number of rotatable bonds is 6. The minimum absolute atomic E-state index is 0. The van der Waals surface area contributed by atoms with Crippen molar-refractivity contribution < 1.29 is 28.6 Å². The Morgan fingerprint density at radius 3 is 2.14 bits per heavy atom. The number of para-hydroxylation sites is 3. The summed E-state index contributed by atoms with van der Waals surface area (Å²) in [5.41, 5.74) is 15.6. The zero-order valence-electron chi connectivity index (χ0n) is 40.1. The van der Waals surface area contributed by atoms with E-state index in [0.717, 1.165) is 47.5 Å². The van der Waals surface area contributed by atoms with Crippen molar-refractivity contribution in [3.63, 3.8) is 0 Å². The van der Waals surface area contributed by atoms with Crippen LogP contribution in [0.3, 0.4) is 0 Å². The average Bonchev–Trinajstić information content (AvgIpc) is 3.84. The van der Waals surface area contributed by atoms with Crippen LogP contribution >= 0.6 is 11.3 Å². The molecule has 0 fully saturated rings. The molecule has 0 unspecified atom stereocenters. The molecule has 8 heteroatoms. The van der Waals surface area contributed by atoms with E-state index in [1.54, 1.807) is 29.7 Å². The van der Waals surface area contributed by atoms with Gasteiger partial charge < -0.3 is 4.57 Å². The fourth-order valence-electron chi connectivity index (χ4n) is 8.80. The molecule has 0 N–H and O–H groups in total. The van der Waals surface area contributed by atoms with Gasteiger partial charge in [0.1, 0.15) is 4.83 Å². The molecule has 0 amide bonds. The third-order valence-corrected chi connectivity index (χ3v) is 17.0. The van der Waals surface area contributed by atoms with E-state index >= 15 is 0 Å². The number of hydrogen-bond donors (Lipinski definition) is 0. The molecule has 0 aliphatic heterocycles. The first-order valence-electron chi connectivity index (χ1n) is 22.6. The van der Waals surface area contributed by atoms with Crippen LogP contribution in [-0.2, 0) is 20.1 Å². The van der Waals surface area contributed by atoms with Gasteiger partial charge in [-0.05, 0) is 85.3 Å². The average molecular weight is 1100 g/mol. The Bertz CT molecular complexity index is 3440. The van der Waals surface area contributed by atoms with Crippen LogP contribution in [0, 0.1) is 59.4 Å². The molecule has 0 aliphatic rings. The molecule has 4 aromatic heterocycles. The number of thiophene rings is 1. The molecule has 0 atom stereocenters. The molecule has 10 aromatic rings. The van der Waals surface area contributed by atoms with Gasteiger partial charge in [-0.1, -0.05) is 59.0 Å². The van der Waals surface area contributed by atoms with Crippen molar-refractivity contribution in [3.8, 4) is 50.6 Å². The van der Waals surface area contributed by atoms with Gasteiger partial charge in [-0.15, -0.1) is 18.2 Å². The molecule has 0 saturated heterocycles. The summed E-state index contributed by atoms with van der Waals surface area (Å²) in [5, 5.41) is 2.37.